The lowest BCUT2D eigenvalue weighted by molar-refractivity contribution is -0.141. The van der Waals surface area contributed by atoms with Crippen LogP contribution in [0.15, 0.2) is 73.4 Å². The number of hydrogen-bond donors (Lipinski definition) is 22. The third kappa shape index (κ3) is 43.9. The molecule has 1 aliphatic rings. The third-order valence-corrected chi connectivity index (χ3v) is 23.5. The summed E-state index contributed by atoms with van der Waals surface area (Å²) in [5.41, 5.74) is 14.2. The molecular weight excluding hydrogens is 1860 g/mol. The van der Waals surface area contributed by atoms with Gasteiger partial charge in [0, 0.05) is 91.1 Å². The number of carbonyl (C=O) groups excluding carboxylic acids is 15. The first-order valence-electron chi connectivity index (χ1n) is 45.7. The van der Waals surface area contributed by atoms with Gasteiger partial charge in [0.15, 0.2) is 0 Å². The molecule has 1 fully saturated rings. The molecule has 6 rings (SSSR count). The van der Waals surface area contributed by atoms with Crippen LogP contribution in [0.1, 0.15) is 110 Å². The maximum absolute atomic E-state index is 15.3. The van der Waals surface area contributed by atoms with Crippen molar-refractivity contribution in [1.82, 2.24) is 94.4 Å². The highest BCUT2D eigenvalue weighted by atomic mass is 33.1. The molecule has 4 heterocycles. The number of carboxylic acid groups (broad SMARTS) is 2. The summed E-state index contributed by atoms with van der Waals surface area (Å²) in [6.07, 6.45) is 0.419. The molecule has 0 radical (unpaired) electrons. The second-order valence-electron chi connectivity index (χ2n) is 33.1. The van der Waals surface area contributed by atoms with Crippen LogP contribution in [0.25, 0.3) is 21.8 Å². The first-order chi connectivity index (χ1) is 66.5. The Hall–Kier alpha value is -12.0. The number of carbonyl (C=O) groups is 17. The van der Waals surface area contributed by atoms with Crippen LogP contribution in [0.2, 0.25) is 0 Å². The molecule has 24 N–H and O–H groups in total. The maximum atomic E-state index is 15.3. The van der Waals surface area contributed by atoms with Crippen molar-refractivity contribution in [2.75, 3.05) is 137 Å². The topological polar surface area (TPSA) is 705 Å². The zero-order valence-electron chi connectivity index (χ0n) is 79.0. The van der Waals surface area contributed by atoms with Gasteiger partial charge >= 0.3 is 11.9 Å². The summed E-state index contributed by atoms with van der Waals surface area (Å²) in [6, 6.07) is -6.30. The van der Waals surface area contributed by atoms with Crippen molar-refractivity contribution in [2.45, 2.75) is 191 Å². The average Bonchev–Trinajstić information content (AvgIpc) is 1.68. The number of aliphatic carboxylic acids is 2. The van der Waals surface area contributed by atoms with Gasteiger partial charge in [0.05, 0.1) is 137 Å². The number of para-hydroxylation sites is 2. The van der Waals surface area contributed by atoms with Gasteiger partial charge in [-0.2, -0.15) is 0 Å². The normalized spacial score (nSPS) is 20.5. The molecule has 0 saturated carbocycles. The Kier molecular flexibility index (Phi) is 52.9. The number of nitrogens with zero attached hydrogens (tertiary/aromatic N) is 1. The minimum absolute atomic E-state index is 0.00447. The number of aliphatic hydroxyl groups excluding tert-OH is 1. The van der Waals surface area contributed by atoms with Crippen molar-refractivity contribution >= 4 is 144 Å². The number of imidazole rings is 1. The number of H-pyrrole nitrogens is 3. The number of aromatic amines is 3. The molecule has 2 aromatic carbocycles. The fraction of sp³-hybridized carbons (Fsp3) is 0.596. The second kappa shape index (κ2) is 63.6. The Balaban J connectivity index is 1.28. The minimum Gasteiger partial charge on any atom is -0.481 e. The Bertz CT molecular complexity index is 4780. The van der Waals surface area contributed by atoms with Crippen LogP contribution in [0, 0.1) is 11.8 Å². The Morgan fingerprint density at radius 2 is 1.00 bits per heavy atom. The standard InChI is InChI=1S/C89H134N20O28S2/c1-51(2)40-66-86(126)108-76(52(3)4)89(129)105-68(42-57-45-95-62-15-11-9-13-60(57)62)84(124)107-71(88(128)109-77(54(6)110)78(91)118)49-139-138-48-70(106-85(125)69(43-75(116)117)100-72(112)21-24-130-26-28-132-30-32-134-34-36-136-38-39-137-37-35-135-33-31-133-29-27-131-25-23-93-55(7)111)87(127)98-53(5)79(119)103-67(41-56-44-94-61-14-10-8-12-59(56)61)83(123)101-64(17-16-58-46-92-50-97-58)82(122)102-65(20-22-90)80(120)96-47-73(113)99-63(81(121)104-66)18-19-74(114)115/h8-15,44-46,50-54,63-71,76-77,94-95,110H,16-43,47-49,90H2,1-7H3,(H2,91,118)(H,92,97)(H,93,111)(H,96,120)(H,98,127)(H,99,113)(H,100,112)(H,101,123)(H,102,122)(H,103,119)(H,104,121)(H,105,129)(H,106,125)(H,107,124)(H,108,126)(H,109,128)(H,114,115)(H,116,117)/t53-,54?,63+,64+,65+,66-,67+,68+,69+,70-,71-,76?,77+/m1/s1. The molecule has 2 unspecified atom stereocenters. The molecule has 13 atom stereocenters. The fourth-order valence-electron chi connectivity index (χ4n) is 13.8. The molecule has 5 aromatic rings. The van der Waals surface area contributed by atoms with Gasteiger partial charge in [-0.3, -0.25) is 81.5 Å². The number of ether oxygens (including phenoxy) is 8. The van der Waals surface area contributed by atoms with E-state index in [1.165, 1.54) is 26.4 Å². The van der Waals surface area contributed by atoms with Crippen LogP contribution in [0.3, 0.4) is 0 Å². The summed E-state index contributed by atoms with van der Waals surface area (Å²) >= 11 is 0. The van der Waals surface area contributed by atoms with E-state index in [0.29, 0.717) is 105 Å². The lowest BCUT2D eigenvalue weighted by atomic mass is 9.98. The van der Waals surface area contributed by atoms with E-state index < -0.39 is 223 Å². The van der Waals surface area contributed by atoms with Gasteiger partial charge in [0.1, 0.15) is 72.5 Å². The number of fused-ring (bicyclic) bond motifs is 2. The van der Waals surface area contributed by atoms with Crippen LogP contribution >= 0.6 is 21.6 Å². The van der Waals surface area contributed by atoms with Crippen molar-refractivity contribution in [1.29, 1.82) is 0 Å². The van der Waals surface area contributed by atoms with E-state index in [4.69, 9.17) is 49.4 Å². The van der Waals surface area contributed by atoms with Crippen LogP contribution < -0.4 is 85.9 Å². The average molecular weight is 2000 g/mol. The Morgan fingerprint density at radius 1 is 0.518 bits per heavy atom. The van der Waals surface area contributed by atoms with E-state index in [-0.39, 0.29) is 103 Å². The summed E-state index contributed by atoms with van der Waals surface area (Å²) in [4.78, 5) is 252. The molecule has 0 spiro atoms. The number of hydrogen-bond acceptors (Lipinski definition) is 30. The van der Waals surface area contributed by atoms with E-state index in [2.05, 4.69) is 94.4 Å². The predicted octanol–water partition coefficient (Wildman–Crippen LogP) is -3.95. The number of aryl methyl sites for hydroxylation is 1. The summed E-state index contributed by atoms with van der Waals surface area (Å²) < 4.78 is 44.0. The zero-order valence-corrected chi connectivity index (χ0v) is 80.6. The number of benzene rings is 2. The van der Waals surface area contributed by atoms with E-state index in [9.17, 15) is 77.6 Å². The highest BCUT2D eigenvalue weighted by Gasteiger charge is 2.39. The van der Waals surface area contributed by atoms with Crippen molar-refractivity contribution < 1.29 is 135 Å². The number of rotatable bonds is 51. The number of aromatic nitrogens is 4. The fourth-order valence-corrected chi connectivity index (χ4v) is 16.1. The smallest absolute Gasteiger partial charge is 0.305 e. The van der Waals surface area contributed by atoms with Crippen molar-refractivity contribution in [3.8, 4) is 0 Å². The van der Waals surface area contributed by atoms with Gasteiger partial charge in [0.25, 0.3) is 0 Å². The predicted molar refractivity (Wildman–Crippen MR) is 505 cm³/mol. The largest absolute Gasteiger partial charge is 0.481 e. The summed E-state index contributed by atoms with van der Waals surface area (Å²) in [6.45, 7) is 13.7. The van der Waals surface area contributed by atoms with Crippen LogP contribution in [-0.4, -0.2) is 351 Å². The van der Waals surface area contributed by atoms with Gasteiger partial charge in [-0.25, -0.2) is 4.98 Å². The van der Waals surface area contributed by atoms with Gasteiger partial charge in [-0.15, -0.1) is 0 Å². The van der Waals surface area contributed by atoms with Gasteiger partial charge < -0.3 is 154 Å². The number of nitrogens with one attached hydrogen (secondary N) is 17. The second-order valence-corrected chi connectivity index (χ2v) is 35.7. The van der Waals surface area contributed by atoms with Gasteiger partial charge in [0.2, 0.25) is 88.6 Å². The van der Waals surface area contributed by atoms with Crippen LogP contribution in [0.5, 0.6) is 0 Å². The number of nitrogens with two attached hydrogens (primary N) is 2. The molecule has 770 valence electrons. The minimum atomic E-state index is -1.91. The monoisotopic (exact) mass is 1990 g/mol. The highest BCUT2D eigenvalue weighted by molar-refractivity contribution is 8.76. The Morgan fingerprint density at radius 3 is 1.50 bits per heavy atom. The van der Waals surface area contributed by atoms with E-state index in [0.717, 1.165) is 28.5 Å². The first kappa shape index (κ1) is 116. The van der Waals surface area contributed by atoms with E-state index >= 15 is 19.2 Å². The quantitative estimate of drug-likeness (QED) is 0.0131. The lowest BCUT2D eigenvalue weighted by Gasteiger charge is -2.29. The van der Waals surface area contributed by atoms with Gasteiger partial charge in [-0.05, 0) is 87.6 Å². The number of carboxylic acids is 2. The number of primary amides is 1. The SMILES string of the molecule is CC(=O)NCCOCCOCCOCCOCCOCCOCCOCCOCCC(=O)N[C@@H](CC(=O)O)C(=O)N[C@@H]1CSSC[C@H](C(=O)N[C@H](C(N)=O)C(C)O)NC(=O)[C@H](Cc2c[nH]c3ccccc23)NC(=O)C(C(C)C)NC(=O)[C@@H](CC(C)C)NC(=O)[C@H](CCC(=O)O)NC(=O)CNC(=O)[C@H](CCN)NC(=O)[C@H](CCc2c[nH]cn2)NC(=O)[C@H](Cc2c[nH]c3ccccc23)NC(=O)[C@@H](C)NC1=O. The first-order valence-corrected chi connectivity index (χ1v) is 48.2. The van der Waals surface area contributed by atoms with Gasteiger partial charge in [-0.1, -0.05) is 85.7 Å². The van der Waals surface area contributed by atoms with Crippen molar-refractivity contribution in [2.24, 2.45) is 23.3 Å². The summed E-state index contributed by atoms with van der Waals surface area (Å²) in [5, 5.41) is 67.5. The molecule has 0 aliphatic carbocycles. The highest BCUT2D eigenvalue weighted by Crippen LogP contribution is 2.26. The molecule has 48 nitrogen and oxygen atoms in total. The van der Waals surface area contributed by atoms with Crippen molar-refractivity contribution in [3.05, 3.63) is 90.3 Å². The molecule has 0 bridgehead atoms. The molecular formula is C89H134N20O28S2. The van der Waals surface area contributed by atoms with Crippen LogP contribution in [-0.2, 0) is 139 Å². The van der Waals surface area contributed by atoms with Crippen molar-refractivity contribution in [3.63, 3.8) is 0 Å². The molecule has 50 heteroatoms. The molecule has 1 aliphatic heterocycles. The molecule has 15 amide bonds. The van der Waals surface area contributed by atoms with E-state index in [1.807, 2.05) is 0 Å². The molecule has 3 aromatic heterocycles. The zero-order chi connectivity index (χ0) is 102. The molecule has 139 heavy (non-hydrogen) atoms. The number of aliphatic hydroxyl groups is 1. The molecule has 1 saturated heterocycles. The van der Waals surface area contributed by atoms with Crippen LogP contribution in [0.4, 0.5) is 0 Å². The number of amides is 15. The van der Waals surface area contributed by atoms with E-state index in [1.54, 1.807) is 88.6 Å². The summed E-state index contributed by atoms with van der Waals surface area (Å²) in [5.74, 6) is -20.2. The Labute approximate surface area is 810 Å². The lowest BCUT2D eigenvalue weighted by Crippen LogP contribution is -2.61. The maximum Gasteiger partial charge on any atom is 0.305 e. The summed E-state index contributed by atoms with van der Waals surface area (Å²) in [7, 11) is 1.49. The third-order valence-electron chi connectivity index (χ3n) is 21.1.